The number of benzene rings is 1. The van der Waals surface area contributed by atoms with E-state index in [2.05, 4.69) is 6.92 Å². The molecule has 1 unspecified atom stereocenters. The van der Waals surface area contributed by atoms with E-state index in [4.69, 9.17) is 4.74 Å². The molecule has 0 saturated carbocycles. The van der Waals surface area contributed by atoms with Crippen LogP contribution in [-0.2, 0) is 0 Å². The van der Waals surface area contributed by atoms with Crippen LogP contribution in [0, 0.1) is 13.8 Å². The van der Waals surface area contributed by atoms with Gasteiger partial charge in [-0.25, -0.2) is 0 Å². The monoisotopic (exact) mass is 222 g/mol. The Kier molecular flexibility index (Phi) is 4.81. The summed E-state index contributed by atoms with van der Waals surface area (Å²) in [4.78, 5) is 0. The van der Waals surface area contributed by atoms with E-state index in [1.165, 1.54) is 0 Å². The molecular weight excluding hydrogens is 200 g/mol. The first kappa shape index (κ1) is 13.0. The number of aryl methyl sites for hydroxylation is 2. The molecule has 0 aliphatic rings. The van der Waals surface area contributed by atoms with E-state index < -0.39 is 6.10 Å². The first-order chi connectivity index (χ1) is 7.56. The molecule has 0 heterocycles. The topological polar surface area (TPSA) is 29.5 Å². The maximum atomic E-state index is 9.65. The lowest BCUT2D eigenvalue weighted by molar-refractivity contribution is 0.197. The Morgan fingerprint density at radius 2 is 1.81 bits per heavy atom. The lowest BCUT2D eigenvalue weighted by Crippen LogP contribution is -2.02. The number of aliphatic hydroxyl groups excluding tert-OH is 1. The van der Waals surface area contributed by atoms with Crippen molar-refractivity contribution in [3.05, 3.63) is 28.8 Å². The van der Waals surface area contributed by atoms with Crippen LogP contribution in [0.1, 0.15) is 49.5 Å². The van der Waals surface area contributed by atoms with Crippen molar-refractivity contribution in [2.24, 2.45) is 0 Å². The minimum Gasteiger partial charge on any atom is -0.494 e. The van der Waals surface area contributed by atoms with Crippen molar-refractivity contribution >= 4 is 0 Å². The third-order valence-corrected chi connectivity index (χ3v) is 2.75. The van der Waals surface area contributed by atoms with Crippen molar-refractivity contribution in [3.63, 3.8) is 0 Å². The van der Waals surface area contributed by atoms with Gasteiger partial charge in [0.1, 0.15) is 5.75 Å². The van der Waals surface area contributed by atoms with Crippen LogP contribution >= 0.6 is 0 Å². The third kappa shape index (κ3) is 3.24. The van der Waals surface area contributed by atoms with Gasteiger partial charge in [-0.05, 0) is 56.0 Å². The fourth-order valence-corrected chi connectivity index (χ4v) is 2.01. The Labute approximate surface area is 98.3 Å². The largest absolute Gasteiger partial charge is 0.494 e. The molecule has 1 aromatic carbocycles. The van der Waals surface area contributed by atoms with E-state index in [0.717, 1.165) is 41.9 Å². The summed E-state index contributed by atoms with van der Waals surface area (Å²) in [5.74, 6) is 0.910. The molecule has 1 atom stereocenters. The molecule has 0 radical (unpaired) electrons. The van der Waals surface area contributed by atoms with Gasteiger partial charge in [0.15, 0.2) is 0 Å². The molecule has 0 aliphatic heterocycles. The minimum absolute atomic E-state index is 0.412. The highest BCUT2D eigenvalue weighted by molar-refractivity contribution is 5.42. The average molecular weight is 222 g/mol. The van der Waals surface area contributed by atoms with E-state index >= 15 is 0 Å². The van der Waals surface area contributed by atoms with E-state index in [0.29, 0.717) is 0 Å². The first-order valence-electron chi connectivity index (χ1n) is 5.98. The summed E-state index contributed by atoms with van der Waals surface area (Å²) in [6.45, 7) is 8.75. The fourth-order valence-electron chi connectivity index (χ4n) is 2.01. The summed E-state index contributed by atoms with van der Waals surface area (Å²) < 4.78 is 5.66. The zero-order valence-corrected chi connectivity index (χ0v) is 10.7. The third-order valence-electron chi connectivity index (χ3n) is 2.75. The van der Waals surface area contributed by atoms with Crippen LogP contribution in [0.2, 0.25) is 0 Å². The summed E-state index contributed by atoms with van der Waals surface area (Å²) in [7, 11) is 0. The molecule has 16 heavy (non-hydrogen) atoms. The van der Waals surface area contributed by atoms with Crippen molar-refractivity contribution < 1.29 is 9.84 Å². The minimum atomic E-state index is -0.412. The smallest absolute Gasteiger partial charge is 0.119 e. The van der Waals surface area contributed by atoms with Gasteiger partial charge in [0.2, 0.25) is 0 Å². The predicted molar refractivity (Wildman–Crippen MR) is 67.0 cm³/mol. The Balaban J connectivity index is 2.83. The number of hydrogen-bond acceptors (Lipinski definition) is 2. The summed E-state index contributed by atoms with van der Waals surface area (Å²) in [6.07, 6.45) is 1.81. The molecule has 0 amide bonds. The van der Waals surface area contributed by atoms with Gasteiger partial charge < -0.3 is 9.84 Å². The highest BCUT2D eigenvalue weighted by Crippen LogP contribution is 2.26. The molecule has 90 valence electrons. The summed E-state index contributed by atoms with van der Waals surface area (Å²) in [5.41, 5.74) is 3.21. The molecule has 0 bridgehead atoms. The number of rotatable bonds is 5. The van der Waals surface area contributed by atoms with Gasteiger partial charge in [0.05, 0.1) is 12.7 Å². The number of ether oxygens (including phenoxy) is 1. The second-order valence-electron chi connectivity index (χ2n) is 4.35. The average Bonchev–Trinajstić information content (AvgIpc) is 2.16. The lowest BCUT2D eigenvalue weighted by Gasteiger charge is -2.15. The Morgan fingerprint density at radius 3 is 2.25 bits per heavy atom. The summed E-state index contributed by atoms with van der Waals surface area (Å²) in [5, 5.41) is 9.65. The van der Waals surface area contributed by atoms with Gasteiger partial charge in [0, 0.05) is 0 Å². The summed E-state index contributed by atoms with van der Waals surface area (Å²) >= 11 is 0. The Bertz CT molecular complexity index is 320. The Hall–Kier alpha value is -1.02. The van der Waals surface area contributed by atoms with Gasteiger partial charge in [-0.3, -0.25) is 0 Å². The Morgan fingerprint density at radius 1 is 1.25 bits per heavy atom. The van der Waals surface area contributed by atoms with E-state index in [9.17, 15) is 5.11 Å². The molecule has 0 spiro atoms. The van der Waals surface area contributed by atoms with Crippen LogP contribution in [0.15, 0.2) is 12.1 Å². The second kappa shape index (κ2) is 5.90. The SMILES string of the molecule is CCCCOc1cc(C)c(C(C)O)c(C)c1. The molecule has 0 aliphatic carbocycles. The van der Waals surface area contributed by atoms with Crippen molar-refractivity contribution in [2.75, 3.05) is 6.61 Å². The number of hydrogen-bond donors (Lipinski definition) is 1. The second-order valence-corrected chi connectivity index (χ2v) is 4.35. The normalized spacial score (nSPS) is 12.6. The van der Waals surface area contributed by atoms with E-state index in [1.54, 1.807) is 6.92 Å². The maximum absolute atomic E-state index is 9.65. The van der Waals surface area contributed by atoms with Crippen molar-refractivity contribution in [1.82, 2.24) is 0 Å². The molecule has 1 aromatic rings. The molecule has 2 heteroatoms. The molecular formula is C14H22O2. The standard InChI is InChI=1S/C14H22O2/c1-5-6-7-16-13-8-10(2)14(12(4)15)11(3)9-13/h8-9,12,15H,5-7H2,1-4H3. The highest BCUT2D eigenvalue weighted by atomic mass is 16.5. The van der Waals surface area contributed by atoms with E-state index in [-0.39, 0.29) is 0 Å². The van der Waals surface area contributed by atoms with Gasteiger partial charge in [-0.1, -0.05) is 13.3 Å². The summed E-state index contributed by atoms with van der Waals surface area (Å²) in [6, 6.07) is 4.01. The van der Waals surface area contributed by atoms with Crippen molar-refractivity contribution in [3.8, 4) is 5.75 Å². The van der Waals surface area contributed by atoms with Gasteiger partial charge in [0.25, 0.3) is 0 Å². The van der Waals surface area contributed by atoms with Crippen molar-refractivity contribution in [1.29, 1.82) is 0 Å². The maximum Gasteiger partial charge on any atom is 0.119 e. The van der Waals surface area contributed by atoms with Crippen LogP contribution in [0.25, 0.3) is 0 Å². The van der Waals surface area contributed by atoms with Crippen LogP contribution < -0.4 is 4.74 Å². The zero-order chi connectivity index (χ0) is 12.1. The first-order valence-corrected chi connectivity index (χ1v) is 5.98. The van der Waals surface area contributed by atoms with Gasteiger partial charge in [-0.2, -0.15) is 0 Å². The van der Waals surface area contributed by atoms with E-state index in [1.807, 2.05) is 26.0 Å². The van der Waals surface area contributed by atoms with Gasteiger partial charge in [-0.15, -0.1) is 0 Å². The van der Waals surface area contributed by atoms with Crippen LogP contribution in [0.5, 0.6) is 5.75 Å². The number of unbranched alkanes of at least 4 members (excludes halogenated alkanes) is 1. The predicted octanol–water partition coefficient (Wildman–Crippen LogP) is 3.54. The molecule has 2 nitrogen and oxygen atoms in total. The number of aliphatic hydroxyl groups is 1. The van der Waals surface area contributed by atoms with Crippen LogP contribution in [0.3, 0.4) is 0 Å². The van der Waals surface area contributed by atoms with Gasteiger partial charge >= 0.3 is 0 Å². The highest BCUT2D eigenvalue weighted by Gasteiger charge is 2.10. The van der Waals surface area contributed by atoms with Crippen molar-refractivity contribution in [2.45, 2.75) is 46.6 Å². The van der Waals surface area contributed by atoms with Crippen LogP contribution in [-0.4, -0.2) is 11.7 Å². The van der Waals surface area contributed by atoms with Crippen LogP contribution in [0.4, 0.5) is 0 Å². The molecule has 0 aromatic heterocycles. The lowest BCUT2D eigenvalue weighted by atomic mass is 9.98. The molecule has 0 saturated heterocycles. The zero-order valence-electron chi connectivity index (χ0n) is 10.7. The molecule has 1 N–H and O–H groups in total. The quantitative estimate of drug-likeness (QED) is 0.772. The fraction of sp³-hybridized carbons (Fsp3) is 0.571. The molecule has 0 fully saturated rings. The molecule has 1 rings (SSSR count).